The molecule has 4 amide bonds. The molecule has 4 aliphatic rings. The molecule has 18 heteroatoms. The lowest BCUT2D eigenvalue weighted by molar-refractivity contribution is -0.125. The molecule has 0 bridgehead atoms. The van der Waals surface area contributed by atoms with E-state index in [0.717, 1.165) is 30.3 Å². The normalized spacial score (nSPS) is 28.1. The topological polar surface area (TPSA) is 162 Å². The van der Waals surface area contributed by atoms with Crippen molar-refractivity contribution >= 4 is 64.2 Å². The van der Waals surface area contributed by atoms with Crippen LogP contribution in [0.3, 0.4) is 0 Å². The number of carbonyl (C=O) groups is 5. The summed E-state index contributed by atoms with van der Waals surface area (Å²) in [6, 6.07) is 6.46. The van der Waals surface area contributed by atoms with Crippen molar-refractivity contribution in [2.45, 2.75) is 28.5 Å². The molecule has 270 valence electrons. The van der Waals surface area contributed by atoms with Crippen LogP contribution in [0.15, 0.2) is 48.0 Å². The van der Waals surface area contributed by atoms with Gasteiger partial charge in [-0.2, -0.15) is 0 Å². The second-order valence-corrected chi connectivity index (χ2v) is 13.9. The highest BCUT2D eigenvalue weighted by Crippen LogP contribution is 2.67. The molecule has 3 aromatic carbocycles. The number of nitrogens with zero attached hydrogens (tertiary/aromatic N) is 2. The Morgan fingerprint density at radius 3 is 2.08 bits per heavy atom. The molecule has 1 saturated carbocycles. The Kier molecular flexibility index (Phi) is 7.88. The first-order valence-corrected chi connectivity index (χ1v) is 16.0. The quantitative estimate of drug-likeness (QED) is 0.0785. The summed E-state index contributed by atoms with van der Waals surface area (Å²) < 4.78 is 78.8. The van der Waals surface area contributed by atoms with Gasteiger partial charge >= 0.3 is 5.97 Å². The Hall–Kier alpha value is -5.22. The molecular weight excluding hydrogens is 746 g/mol. The van der Waals surface area contributed by atoms with Crippen LogP contribution < -0.4 is 14.5 Å². The van der Waals surface area contributed by atoms with Gasteiger partial charge in [-0.15, -0.1) is 23.2 Å². The molecule has 0 radical (unpaired) electrons. The fourth-order valence-electron chi connectivity index (χ4n) is 7.95. The zero-order valence-electron chi connectivity index (χ0n) is 26.1. The Bertz CT molecular complexity index is 2210. The Morgan fingerprint density at radius 2 is 1.48 bits per heavy atom. The van der Waals surface area contributed by atoms with E-state index in [1.807, 2.05) is 0 Å². The summed E-state index contributed by atoms with van der Waals surface area (Å²) in [5, 5.41) is 29.8. The van der Waals surface area contributed by atoms with Gasteiger partial charge in [-0.25, -0.2) is 36.5 Å². The summed E-state index contributed by atoms with van der Waals surface area (Å²) in [5.41, 5.74) is -2.57. The number of carbonyl (C=O) groups excluding carboxylic acids is 4. The molecule has 2 aliphatic carbocycles. The first-order valence-electron chi connectivity index (χ1n) is 15.2. The molecule has 7 rings (SSSR count). The van der Waals surface area contributed by atoms with Crippen molar-refractivity contribution in [1.82, 2.24) is 0 Å². The van der Waals surface area contributed by atoms with Gasteiger partial charge in [0.15, 0.2) is 33.0 Å². The van der Waals surface area contributed by atoms with Crippen LogP contribution in [0.2, 0.25) is 0 Å². The monoisotopic (exact) mass is 766 g/mol. The highest BCUT2D eigenvalue weighted by molar-refractivity contribution is 6.58. The van der Waals surface area contributed by atoms with Crippen LogP contribution in [0.25, 0.3) is 0 Å². The summed E-state index contributed by atoms with van der Waals surface area (Å²) in [6.45, 7) is 0. The molecule has 3 N–H and O–H groups in total. The van der Waals surface area contributed by atoms with E-state index in [1.165, 1.54) is 19.3 Å². The van der Waals surface area contributed by atoms with Gasteiger partial charge in [-0.1, -0.05) is 17.7 Å². The van der Waals surface area contributed by atoms with Crippen LogP contribution >= 0.6 is 23.2 Å². The summed E-state index contributed by atoms with van der Waals surface area (Å²) in [6.07, 6.45) is 0.510. The molecular formula is C34H21Cl2F5N2O9. The van der Waals surface area contributed by atoms with Gasteiger partial charge < -0.3 is 20.1 Å². The smallest absolute Gasteiger partial charge is 0.339 e. The zero-order chi connectivity index (χ0) is 37.9. The fourth-order valence-corrected chi connectivity index (χ4v) is 8.87. The van der Waals surface area contributed by atoms with Crippen LogP contribution in [0.5, 0.6) is 17.2 Å². The molecule has 52 heavy (non-hydrogen) atoms. The number of phenolic OH excluding ortho intramolecular Hbond substituents is 1. The maximum atomic E-state index is 15.2. The van der Waals surface area contributed by atoms with Crippen LogP contribution in [-0.4, -0.2) is 61.8 Å². The summed E-state index contributed by atoms with van der Waals surface area (Å²) in [5.74, 6) is -25.7. The van der Waals surface area contributed by atoms with Crippen molar-refractivity contribution in [3.8, 4) is 17.2 Å². The maximum Gasteiger partial charge on any atom is 0.339 e. The average Bonchev–Trinajstić information content (AvgIpc) is 3.44. The minimum Gasteiger partial charge on any atom is -0.508 e. The van der Waals surface area contributed by atoms with Gasteiger partial charge in [0.1, 0.15) is 28.5 Å². The van der Waals surface area contributed by atoms with Gasteiger partial charge in [-0.05, 0) is 37.0 Å². The predicted molar refractivity (Wildman–Crippen MR) is 169 cm³/mol. The number of aromatic hydroxyl groups is 2. The van der Waals surface area contributed by atoms with Crippen molar-refractivity contribution in [2.24, 2.45) is 17.8 Å². The number of halogens is 7. The molecule has 0 aromatic heterocycles. The first kappa shape index (κ1) is 35.2. The molecule has 2 aliphatic heterocycles. The molecule has 6 unspecified atom stereocenters. The zero-order valence-corrected chi connectivity index (χ0v) is 27.6. The summed E-state index contributed by atoms with van der Waals surface area (Å²) in [7, 11) is 1.17. The second-order valence-electron chi connectivity index (χ2n) is 12.6. The van der Waals surface area contributed by atoms with Crippen molar-refractivity contribution < 1.29 is 66.0 Å². The highest BCUT2D eigenvalue weighted by Gasteiger charge is 2.77. The second kappa shape index (κ2) is 11.6. The van der Waals surface area contributed by atoms with E-state index < -0.39 is 116 Å². The highest BCUT2D eigenvalue weighted by atomic mass is 35.5. The molecule has 6 atom stereocenters. The number of aromatic carboxylic acids is 1. The third-order valence-electron chi connectivity index (χ3n) is 10.2. The number of amides is 4. The fraction of sp³-hybridized carbons (Fsp3) is 0.265. The van der Waals surface area contributed by atoms with E-state index in [4.69, 9.17) is 27.9 Å². The number of fused-ring (bicyclic) bond motifs is 4. The lowest BCUT2D eigenvalue weighted by Gasteiger charge is -2.50. The largest absolute Gasteiger partial charge is 0.508 e. The molecule has 2 saturated heterocycles. The lowest BCUT2D eigenvalue weighted by Crippen LogP contribution is -2.60. The van der Waals surface area contributed by atoms with E-state index in [1.54, 1.807) is 0 Å². The standard InChI is InChI=1S/C34H21Cl2F5N2O9/c1-52-19-9-12(44)3-5-15(19)21-13-6-7-16-20(29(47)42(28(16)46)11-2-4-14(30(48)49)18(45)8-11)17(13)10-33(35)31(50)43(32(51)34(21,33)36)27-25(40)23(38)22(37)24(39)26(27)41/h2-6,8-9,16-17,20-21,44-45H,7,10H2,1H3,(H,48,49). The molecule has 3 fully saturated rings. The van der Waals surface area contributed by atoms with Crippen molar-refractivity contribution in [1.29, 1.82) is 0 Å². The Labute approximate surface area is 298 Å². The van der Waals surface area contributed by atoms with Gasteiger partial charge in [-0.3, -0.25) is 19.2 Å². The van der Waals surface area contributed by atoms with E-state index in [0.29, 0.717) is 4.90 Å². The van der Waals surface area contributed by atoms with E-state index in [9.17, 15) is 52.5 Å². The maximum absolute atomic E-state index is 15.2. The lowest BCUT2D eigenvalue weighted by atomic mass is 9.56. The SMILES string of the molecule is COc1cc(O)ccc1C1C2=CCC3C(=O)N(c4ccc(C(=O)O)c(O)c4)C(=O)C3C2CC2(Cl)C(=O)N(c3c(F)c(F)c(F)c(F)c3F)C(=O)C12Cl. The molecule has 11 nitrogen and oxygen atoms in total. The number of allylic oxidation sites excluding steroid dienone is 2. The van der Waals surface area contributed by atoms with Crippen molar-refractivity contribution in [2.75, 3.05) is 16.9 Å². The summed E-state index contributed by atoms with van der Waals surface area (Å²) in [4.78, 5) is 62.9. The Balaban J connectivity index is 1.43. The van der Waals surface area contributed by atoms with Gasteiger partial charge in [0, 0.05) is 23.6 Å². The average molecular weight is 767 g/mol. The third-order valence-corrected chi connectivity index (χ3v) is 11.6. The van der Waals surface area contributed by atoms with Crippen LogP contribution in [0.1, 0.15) is 34.7 Å². The third kappa shape index (κ3) is 4.39. The number of anilines is 2. The summed E-state index contributed by atoms with van der Waals surface area (Å²) >= 11 is 14.2. The number of benzene rings is 3. The number of alkyl halides is 2. The number of hydrogen-bond donors (Lipinski definition) is 3. The Morgan fingerprint density at radius 1 is 0.846 bits per heavy atom. The van der Waals surface area contributed by atoms with E-state index >= 15 is 8.78 Å². The van der Waals surface area contributed by atoms with E-state index in [2.05, 4.69) is 0 Å². The number of hydrogen-bond acceptors (Lipinski definition) is 8. The number of phenols is 2. The molecule has 0 spiro atoms. The van der Waals surface area contributed by atoms with Gasteiger partial charge in [0.05, 0.1) is 24.6 Å². The van der Waals surface area contributed by atoms with E-state index in [-0.39, 0.29) is 39.6 Å². The number of carboxylic acid groups (broad SMARTS) is 1. The predicted octanol–water partition coefficient (Wildman–Crippen LogP) is 5.27. The van der Waals surface area contributed by atoms with Gasteiger partial charge in [0.25, 0.3) is 11.8 Å². The number of imide groups is 2. The minimum absolute atomic E-state index is 0.0436. The molecule has 2 heterocycles. The van der Waals surface area contributed by atoms with Gasteiger partial charge in [0.2, 0.25) is 17.6 Å². The number of ether oxygens (including phenoxy) is 1. The van der Waals surface area contributed by atoms with Crippen LogP contribution in [-0.2, 0) is 19.2 Å². The number of methoxy groups -OCH3 is 1. The minimum atomic E-state index is -2.81. The molecule has 3 aromatic rings. The van der Waals surface area contributed by atoms with Crippen molar-refractivity contribution in [3.05, 3.63) is 88.3 Å². The number of rotatable bonds is 5. The van der Waals surface area contributed by atoms with Crippen LogP contribution in [0, 0.1) is 46.8 Å². The van der Waals surface area contributed by atoms with Crippen molar-refractivity contribution in [3.63, 3.8) is 0 Å². The van der Waals surface area contributed by atoms with Crippen LogP contribution in [0.4, 0.5) is 33.3 Å². The number of carboxylic acids is 1. The first-order chi connectivity index (χ1) is 24.4.